The first-order valence-electron chi connectivity index (χ1n) is 11.2. The van der Waals surface area contributed by atoms with E-state index in [0.29, 0.717) is 18.2 Å². The molecule has 0 atom stereocenters. The second-order valence-electron chi connectivity index (χ2n) is 8.40. The smallest absolute Gasteiger partial charge is 0.195 e. The van der Waals surface area contributed by atoms with Crippen LogP contribution in [0.2, 0.25) is 0 Å². The van der Waals surface area contributed by atoms with Gasteiger partial charge in [0.2, 0.25) is 0 Å². The molecule has 0 saturated carbocycles. The average Bonchev–Trinajstić information content (AvgIpc) is 3.54. The van der Waals surface area contributed by atoms with Crippen molar-refractivity contribution >= 4 is 10.9 Å². The maximum atomic E-state index is 6.06. The Morgan fingerprint density at radius 2 is 2.00 bits per heavy atom. The summed E-state index contributed by atoms with van der Waals surface area (Å²) in [5.74, 6) is 2.23. The lowest BCUT2D eigenvalue weighted by Crippen LogP contribution is -2.31. The van der Waals surface area contributed by atoms with E-state index in [1.165, 1.54) is 16.5 Å². The van der Waals surface area contributed by atoms with Crippen molar-refractivity contribution in [3.8, 4) is 17.3 Å². The summed E-state index contributed by atoms with van der Waals surface area (Å²) in [4.78, 5) is 15.1. The quantitative estimate of drug-likeness (QED) is 0.388. The summed E-state index contributed by atoms with van der Waals surface area (Å²) < 4.78 is 11.5. The number of fused-ring (bicyclic) bond motifs is 2. The van der Waals surface area contributed by atoms with Crippen LogP contribution in [0.15, 0.2) is 83.7 Å². The van der Waals surface area contributed by atoms with E-state index in [1.807, 2.05) is 42.6 Å². The predicted octanol–water partition coefficient (Wildman–Crippen LogP) is 5.36. The van der Waals surface area contributed by atoms with Crippen LogP contribution < -0.4 is 4.74 Å². The summed E-state index contributed by atoms with van der Waals surface area (Å²) in [5.41, 5.74) is 5.84. The van der Waals surface area contributed by atoms with Gasteiger partial charge in [-0.2, -0.15) is 0 Å². The van der Waals surface area contributed by atoms with Gasteiger partial charge in [-0.1, -0.05) is 30.3 Å². The molecule has 3 aromatic heterocycles. The standard InChI is InChI=1S/C27H24N4O2/c1-2-5-19(6-3-1)18-33-22-8-9-24-23(13-22)21(15-28-24)16-31-11-10-20-14-29-27(30-25(20)17-31)26-7-4-12-32-26/h1-9,12-15,28H,10-11,16-18H2. The van der Waals surface area contributed by atoms with Crippen molar-refractivity contribution in [2.75, 3.05) is 6.54 Å². The fraction of sp³-hybridized carbons (Fsp3) is 0.185. The van der Waals surface area contributed by atoms with Crippen molar-refractivity contribution in [1.29, 1.82) is 0 Å². The third-order valence-corrected chi connectivity index (χ3v) is 6.15. The Morgan fingerprint density at radius 1 is 1.06 bits per heavy atom. The molecule has 4 heterocycles. The van der Waals surface area contributed by atoms with E-state index in [-0.39, 0.29) is 0 Å². The number of benzene rings is 2. The van der Waals surface area contributed by atoms with Crippen LogP contribution in [0.5, 0.6) is 5.75 Å². The van der Waals surface area contributed by atoms with Crippen molar-refractivity contribution in [3.63, 3.8) is 0 Å². The summed E-state index contributed by atoms with van der Waals surface area (Å²) in [6.45, 7) is 3.18. The minimum absolute atomic E-state index is 0.562. The highest BCUT2D eigenvalue weighted by atomic mass is 16.5. The topological polar surface area (TPSA) is 67.2 Å². The van der Waals surface area contributed by atoms with E-state index in [9.17, 15) is 0 Å². The van der Waals surface area contributed by atoms with Crippen molar-refractivity contribution < 1.29 is 9.15 Å². The number of H-pyrrole nitrogens is 1. The molecular formula is C27H24N4O2. The lowest BCUT2D eigenvalue weighted by Gasteiger charge is -2.27. The molecule has 0 radical (unpaired) electrons. The van der Waals surface area contributed by atoms with Crippen LogP contribution in [-0.2, 0) is 26.1 Å². The van der Waals surface area contributed by atoms with Gasteiger partial charge in [0, 0.05) is 42.9 Å². The molecule has 164 valence electrons. The number of rotatable bonds is 6. The van der Waals surface area contributed by atoms with Gasteiger partial charge in [-0.3, -0.25) is 4.90 Å². The van der Waals surface area contributed by atoms with E-state index < -0.39 is 0 Å². The van der Waals surface area contributed by atoms with Crippen molar-refractivity contribution in [2.24, 2.45) is 0 Å². The van der Waals surface area contributed by atoms with Crippen LogP contribution in [-0.4, -0.2) is 26.4 Å². The first kappa shape index (κ1) is 19.8. The maximum absolute atomic E-state index is 6.06. The molecule has 1 aliphatic rings. The zero-order valence-corrected chi connectivity index (χ0v) is 18.2. The molecule has 2 aromatic carbocycles. The molecule has 1 N–H and O–H groups in total. The van der Waals surface area contributed by atoms with Crippen LogP contribution in [0.1, 0.15) is 22.4 Å². The molecule has 0 aliphatic carbocycles. The third kappa shape index (κ3) is 4.13. The molecule has 0 saturated heterocycles. The van der Waals surface area contributed by atoms with Gasteiger partial charge in [0.05, 0.1) is 12.0 Å². The normalized spacial score (nSPS) is 13.8. The summed E-state index contributed by atoms with van der Waals surface area (Å²) in [5, 5.41) is 1.20. The van der Waals surface area contributed by atoms with E-state index in [4.69, 9.17) is 14.1 Å². The van der Waals surface area contributed by atoms with Crippen LogP contribution in [0.25, 0.3) is 22.5 Å². The van der Waals surface area contributed by atoms with Crippen LogP contribution in [0, 0.1) is 0 Å². The number of furan rings is 1. The highest BCUT2D eigenvalue weighted by Crippen LogP contribution is 2.27. The van der Waals surface area contributed by atoms with E-state index in [2.05, 4.69) is 45.3 Å². The fourth-order valence-electron chi connectivity index (χ4n) is 4.38. The number of aromatic amines is 1. The Labute approximate surface area is 191 Å². The number of hydrogen-bond acceptors (Lipinski definition) is 5. The molecule has 0 unspecified atom stereocenters. The predicted molar refractivity (Wildman–Crippen MR) is 127 cm³/mol. The Kier molecular flexibility index (Phi) is 5.13. The number of nitrogens with zero attached hydrogens (tertiary/aromatic N) is 3. The molecule has 5 aromatic rings. The van der Waals surface area contributed by atoms with Gasteiger partial charge >= 0.3 is 0 Å². The minimum atomic E-state index is 0.562. The number of aromatic nitrogens is 3. The maximum Gasteiger partial charge on any atom is 0.195 e. The van der Waals surface area contributed by atoms with Gasteiger partial charge in [0.25, 0.3) is 0 Å². The van der Waals surface area contributed by atoms with Crippen molar-refractivity contribution in [2.45, 2.75) is 26.1 Å². The van der Waals surface area contributed by atoms with Gasteiger partial charge in [-0.05, 0) is 53.4 Å². The zero-order valence-electron chi connectivity index (χ0n) is 18.2. The zero-order chi connectivity index (χ0) is 22.0. The second-order valence-corrected chi connectivity index (χ2v) is 8.40. The van der Waals surface area contributed by atoms with E-state index in [0.717, 1.165) is 48.6 Å². The first-order chi connectivity index (χ1) is 16.3. The molecule has 0 spiro atoms. The summed E-state index contributed by atoms with van der Waals surface area (Å²) in [7, 11) is 0. The average molecular weight is 437 g/mol. The van der Waals surface area contributed by atoms with Gasteiger partial charge in [-0.15, -0.1) is 0 Å². The molecule has 1 aliphatic heterocycles. The Bertz CT molecular complexity index is 1380. The summed E-state index contributed by atoms with van der Waals surface area (Å²) in [6.07, 6.45) is 6.65. The lowest BCUT2D eigenvalue weighted by molar-refractivity contribution is 0.242. The highest BCUT2D eigenvalue weighted by molar-refractivity contribution is 5.84. The fourth-order valence-corrected chi connectivity index (χ4v) is 4.38. The third-order valence-electron chi connectivity index (χ3n) is 6.15. The molecule has 0 fully saturated rings. The summed E-state index contributed by atoms with van der Waals surface area (Å²) in [6, 6.07) is 20.2. The van der Waals surface area contributed by atoms with Gasteiger partial charge in [-0.25, -0.2) is 9.97 Å². The van der Waals surface area contributed by atoms with Crippen LogP contribution >= 0.6 is 0 Å². The van der Waals surface area contributed by atoms with Crippen LogP contribution in [0.4, 0.5) is 0 Å². The second kappa shape index (κ2) is 8.56. The first-order valence-corrected chi connectivity index (χ1v) is 11.2. The van der Waals surface area contributed by atoms with Gasteiger partial charge < -0.3 is 14.1 Å². The number of ether oxygens (including phenoxy) is 1. The van der Waals surface area contributed by atoms with Crippen molar-refractivity contribution in [3.05, 3.63) is 102 Å². The van der Waals surface area contributed by atoms with E-state index in [1.54, 1.807) is 6.26 Å². The van der Waals surface area contributed by atoms with Crippen molar-refractivity contribution in [1.82, 2.24) is 19.9 Å². The van der Waals surface area contributed by atoms with Gasteiger partial charge in [0.1, 0.15) is 12.4 Å². The SMILES string of the molecule is c1ccc(COc2ccc3[nH]cc(CN4CCc5cnc(-c6ccco6)nc5C4)c3c2)cc1. The molecule has 6 rings (SSSR count). The minimum Gasteiger partial charge on any atom is -0.489 e. The molecule has 0 bridgehead atoms. The number of nitrogens with one attached hydrogen (secondary N) is 1. The molecule has 6 heteroatoms. The molecular weight excluding hydrogens is 412 g/mol. The Hall–Kier alpha value is -3.90. The molecule has 0 amide bonds. The largest absolute Gasteiger partial charge is 0.489 e. The van der Waals surface area contributed by atoms with Crippen LogP contribution in [0.3, 0.4) is 0 Å². The Morgan fingerprint density at radius 3 is 2.88 bits per heavy atom. The molecule has 33 heavy (non-hydrogen) atoms. The lowest BCUT2D eigenvalue weighted by atomic mass is 10.1. The highest BCUT2D eigenvalue weighted by Gasteiger charge is 2.20. The van der Waals surface area contributed by atoms with E-state index >= 15 is 0 Å². The molecule has 6 nitrogen and oxygen atoms in total. The monoisotopic (exact) mass is 436 g/mol. The summed E-state index contributed by atoms with van der Waals surface area (Å²) >= 11 is 0. The number of hydrogen-bond donors (Lipinski definition) is 1. The Balaban J connectivity index is 1.19. The van der Waals surface area contributed by atoms with Gasteiger partial charge in [0.15, 0.2) is 11.6 Å².